The maximum absolute atomic E-state index is 13.2. The Morgan fingerprint density at radius 2 is 2.00 bits per heavy atom. The van der Waals surface area contributed by atoms with E-state index in [9.17, 15) is 13.2 Å². The molecule has 30 heavy (non-hydrogen) atoms. The molecular formula is C22H25N3O3S2. The van der Waals surface area contributed by atoms with Crippen molar-refractivity contribution in [3.8, 4) is 0 Å². The Bertz CT molecular complexity index is 1180. The predicted octanol–water partition coefficient (Wildman–Crippen LogP) is 3.85. The Kier molecular flexibility index (Phi) is 5.81. The van der Waals surface area contributed by atoms with Gasteiger partial charge in [-0.25, -0.2) is 8.42 Å². The summed E-state index contributed by atoms with van der Waals surface area (Å²) in [5, 5.41) is 2.88. The van der Waals surface area contributed by atoms with Crippen LogP contribution in [0.1, 0.15) is 25.8 Å². The van der Waals surface area contributed by atoms with Crippen molar-refractivity contribution < 1.29 is 13.2 Å². The highest BCUT2D eigenvalue weighted by Crippen LogP contribution is 2.29. The number of nitrogens with one attached hydrogen (secondary N) is 2. The number of aromatic amines is 1. The molecule has 1 atom stereocenters. The Balaban J connectivity index is 1.50. The molecule has 0 unspecified atom stereocenters. The number of rotatable bonds is 6. The van der Waals surface area contributed by atoms with Crippen molar-refractivity contribution in [3.63, 3.8) is 0 Å². The first-order valence-corrected chi connectivity index (χ1v) is 12.3. The number of aromatic nitrogens is 1. The Morgan fingerprint density at radius 3 is 2.67 bits per heavy atom. The summed E-state index contributed by atoms with van der Waals surface area (Å²) in [7, 11) is -3.71. The SMILES string of the molecule is CC(C)[C@H](NS(=O)(=O)c1cccs1)C(=O)N1CC=C(c2c[nH]c3ccccc23)CC1. The number of benzene rings is 1. The number of carbonyl (C=O) groups excluding carboxylic acids is 1. The molecular weight excluding hydrogens is 418 g/mol. The van der Waals surface area contributed by atoms with Gasteiger partial charge in [0.1, 0.15) is 10.3 Å². The van der Waals surface area contributed by atoms with Crippen LogP contribution in [0.2, 0.25) is 0 Å². The summed E-state index contributed by atoms with van der Waals surface area (Å²) in [4.78, 5) is 18.2. The van der Waals surface area contributed by atoms with E-state index in [0.717, 1.165) is 28.8 Å². The van der Waals surface area contributed by atoms with Gasteiger partial charge in [-0.3, -0.25) is 4.79 Å². The lowest BCUT2D eigenvalue weighted by molar-refractivity contribution is -0.133. The molecule has 0 bridgehead atoms. The number of amides is 1. The van der Waals surface area contributed by atoms with Gasteiger partial charge in [-0.15, -0.1) is 11.3 Å². The molecule has 3 heterocycles. The average molecular weight is 444 g/mol. The molecule has 1 aliphatic heterocycles. The van der Waals surface area contributed by atoms with Crippen LogP contribution in [0.3, 0.4) is 0 Å². The van der Waals surface area contributed by atoms with Crippen molar-refractivity contribution in [2.75, 3.05) is 13.1 Å². The van der Waals surface area contributed by atoms with E-state index in [-0.39, 0.29) is 16.0 Å². The van der Waals surface area contributed by atoms with Crippen molar-refractivity contribution >= 4 is 43.7 Å². The van der Waals surface area contributed by atoms with Crippen LogP contribution < -0.4 is 4.72 Å². The van der Waals surface area contributed by atoms with E-state index >= 15 is 0 Å². The molecule has 158 valence electrons. The lowest BCUT2D eigenvalue weighted by atomic mass is 9.97. The third-order valence-corrected chi connectivity index (χ3v) is 8.27. The molecule has 3 aromatic rings. The first kappa shape index (κ1) is 20.8. The molecule has 1 aromatic carbocycles. The molecule has 1 aliphatic rings. The molecule has 0 radical (unpaired) electrons. The van der Waals surface area contributed by atoms with E-state index in [1.807, 2.05) is 38.2 Å². The molecule has 8 heteroatoms. The summed E-state index contributed by atoms with van der Waals surface area (Å²) in [6, 6.07) is 10.6. The molecule has 0 aliphatic carbocycles. The molecule has 0 saturated heterocycles. The number of hydrogen-bond donors (Lipinski definition) is 2. The van der Waals surface area contributed by atoms with Crippen LogP contribution in [-0.2, 0) is 14.8 Å². The van der Waals surface area contributed by atoms with E-state index in [4.69, 9.17) is 0 Å². The molecule has 1 amide bonds. The van der Waals surface area contributed by atoms with Gasteiger partial charge in [-0.1, -0.05) is 44.2 Å². The first-order valence-electron chi connectivity index (χ1n) is 9.97. The van der Waals surface area contributed by atoms with Crippen LogP contribution in [0.25, 0.3) is 16.5 Å². The fourth-order valence-corrected chi connectivity index (χ4v) is 6.11. The average Bonchev–Trinajstić information content (AvgIpc) is 3.42. The Hall–Kier alpha value is -2.42. The van der Waals surface area contributed by atoms with E-state index < -0.39 is 16.1 Å². The fraction of sp³-hybridized carbons (Fsp3) is 0.318. The van der Waals surface area contributed by atoms with Crippen molar-refractivity contribution in [2.24, 2.45) is 5.92 Å². The lowest BCUT2D eigenvalue weighted by Crippen LogP contribution is -2.51. The summed E-state index contributed by atoms with van der Waals surface area (Å²) < 4.78 is 28.1. The van der Waals surface area contributed by atoms with Gasteiger partial charge in [0.15, 0.2) is 0 Å². The number of fused-ring (bicyclic) bond motifs is 1. The third-order valence-electron chi connectivity index (χ3n) is 5.43. The van der Waals surface area contributed by atoms with Crippen LogP contribution in [0.5, 0.6) is 0 Å². The van der Waals surface area contributed by atoms with Crippen LogP contribution >= 0.6 is 11.3 Å². The van der Waals surface area contributed by atoms with Gasteiger partial charge in [0.2, 0.25) is 5.91 Å². The van der Waals surface area contributed by atoms with Crippen molar-refractivity contribution in [2.45, 2.75) is 30.5 Å². The standard InChI is InChI=1S/C22H25N3O3S2/c1-15(2)21(24-30(27,28)20-8-5-13-29-20)22(26)25-11-9-16(10-12-25)18-14-23-19-7-4-3-6-17(18)19/h3-9,13-15,21,23-24H,10-12H2,1-2H3/t21-/m0/s1. The van der Waals surface area contributed by atoms with E-state index in [2.05, 4.69) is 21.8 Å². The number of para-hydroxylation sites is 1. The number of thiophene rings is 1. The summed E-state index contributed by atoms with van der Waals surface area (Å²) in [6.07, 6.45) is 4.82. The van der Waals surface area contributed by atoms with Crippen molar-refractivity contribution in [3.05, 3.63) is 59.6 Å². The molecule has 0 fully saturated rings. The zero-order valence-corrected chi connectivity index (χ0v) is 18.6. The number of nitrogens with zero attached hydrogens (tertiary/aromatic N) is 1. The first-order chi connectivity index (χ1) is 14.4. The number of carbonyl (C=O) groups is 1. The van der Waals surface area contributed by atoms with Crippen LogP contribution in [-0.4, -0.2) is 43.3 Å². The highest BCUT2D eigenvalue weighted by Gasteiger charge is 2.32. The molecule has 2 N–H and O–H groups in total. The molecule has 0 spiro atoms. The summed E-state index contributed by atoms with van der Waals surface area (Å²) in [5.74, 6) is -0.342. The summed E-state index contributed by atoms with van der Waals surface area (Å²) in [5.41, 5.74) is 3.46. The summed E-state index contributed by atoms with van der Waals surface area (Å²) >= 11 is 1.14. The molecule has 2 aromatic heterocycles. The minimum absolute atomic E-state index is 0.161. The maximum Gasteiger partial charge on any atom is 0.250 e. The zero-order chi connectivity index (χ0) is 21.3. The van der Waals surface area contributed by atoms with Crippen LogP contribution in [0.15, 0.2) is 58.3 Å². The van der Waals surface area contributed by atoms with E-state index in [1.165, 1.54) is 11.0 Å². The van der Waals surface area contributed by atoms with Crippen molar-refractivity contribution in [1.29, 1.82) is 0 Å². The van der Waals surface area contributed by atoms with Gasteiger partial charge in [-0.05, 0) is 35.4 Å². The smallest absolute Gasteiger partial charge is 0.250 e. The van der Waals surface area contributed by atoms with E-state index in [1.54, 1.807) is 22.4 Å². The monoisotopic (exact) mass is 443 g/mol. The largest absolute Gasteiger partial charge is 0.361 e. The highest BCUT2D eigenvalue weighted by molar-refractivity contribution is 7.91. The highest BCUT2D eigenvalue weighted by atomic mass is 32.2. The van der Waals surface area contributed by atoms with Crippen molar-refractivity contribution in [1.82, 2.24) is 14.6 Å². The van der Waals surface area contributed by atoms with Gasteiger partial charge in [0.25, 0.3) is 10.0 Å². The minimum Gasteiger partial charge on any atom is -0.361 e. The van der Waals surface area contributed by atoms with Gasteiger partial charge < -0.3 is 9.88 Å². The van der Waals surface area contributed by atoms with Gasteiger partial charge >= 0.3 is 0 Å². The van der Waals surface area contributed by atoms with Gasteiger partial charge in [0, 0.05) is 35.8 Å². The molecule has 6 nitrogen and oxygen atoms in total. The number of sulfonamides is 1. The second-order valence-corrected chi connectivity index (χ2v) is 10.7. The fourth-order valence-electron chi connectivity index (χ4n) is 3.76. The van der Waals surface area contributed by atoms with Gasteiger partial charge in [0.05, 0.1) is 0 Å². The van der Waals surface area contributed by atoms with Crippen LogP contribution in [0, 0.1) is 5.92 Å². The number of H-pyrrole nitrogens is 1. The second kappa shape index (κ2) is 8.37. The topological polar surface area (TPSA) is 82.3 Å². The molecule has 4 rings (SSSR count). The second-order valence-electron chi connectivity index (χ2n) is 7.79. The maximum atomic E-state index is 13.2. The number of hydrogen-bond acceptors (Lipinski definition) is 4. The summed E-state index contributed by atoms with van der Waals surface area (Å²) in [6.45, 7) is 4.75. The zero-order valence-electron chi connectivity index (χ0n) is 17.0. The van der Waals surface area contributed by atoms with E-state index in [0.29, 0.717) is 13.1 Å². The normalized spacial score (nSPS) is 16.1. The third kappa shape index (κ3) is 4.08. The minimum atomic E-state index is -3.71. The lowest BCUT2D eigenvalue weighted by Gasteiger charge is -2.31. The Labute approximate surface area is 180 Å². The molecule has 0 saturated carbocycles. The van der Waals surface area contributed by atoms with Crippen LogP contribution in [0.4, 0.5) is 0 Å². The predicted molar refractivity (Wildman–Crippen MR) is 121 cm³/mol. The van der Waals surface area contributed by atoms with Gasteiger partial charge in [-0.2, -0.15) is 4.72 Å². The quantitative estimate of drug-likeness (QED) is 0.607. The Morgan fingerprint density at radius 1 is 1.20 bits per heavy atom.